The van der Waals surface area contributed by atoms with E-state index in [0.717, 1.165) is 52.2 Å². The normalized spacial score (nSPS) is 13.0. The first-order valence-electron chi connectivity index (χ1n) is 21.0. The summed E-state index contributed by atoms with van der Waals surface area (Å²) in [6.45, 7) is 14.4. The molecule has 1 heterocycles. The average Bonchev–Trinajstić information content (AvgIpc) is 3.42. The fourth-order valence-electron chi connectivity index (χ4n) is 6.94. The molecule has 1 aliphatic heterocycles. The fraction of sp³-hybridized carbons (Fsp3) is 0.652. The van der Waals surface area contributed by atoms with E-state index < -0.39 is 0 Å². The quantitative estimate of drug-likeness (QED) is 0.0494. The van der Waals surface area contributed by atoms with Gasteiger partial charge in [0.2, 0.25) is 11.4 Å². The van der Waals surface area contributed by atoms with Gasteiger partial charge in [0.15, 0.2) is 0 Å². The molecule has 0 unspecified atom stereocenters. The SMILES string of the molecule is CCCCCCCCCCCC1=C(c2cccc(CCCCCC)c2)[N+](=[N-])C(c2cccc(CCCC)c2)=C1CCCCC.CC[O][Ni][O]CC. The molecule has 4 nitrogen and oxygen atoms in total. The summed E-state index contributed by atoms with van der Waals surface area (Å²) < 4.78 is 11.2. The van der Waals surface area contributed by atoms with Crippen molar-refractivity contribution in [3.8, 4) is 0 Å². The summed E-state index contributed by atoms with van der Waals surface area (Å²) in [7, 11) is 0. The van der Waals surface area contributed by atoms with Crippen molar-refractivity contribution >= 4 is 11.4 Å². The molecule has 0 bridgehead atoms. The van der Waals surface area contributed by atoms with Crippen molar-refractivity contribution in [2.24, 2.45) is 0 Å². The fourth-order valence-corrected chi connectivity index (χ4v) is 7.25. The summed E-state index contributed by atoms with van der Waals surface area (Å²) in [6, 6.07) is 18.1. The van der Waals surface area contributed by atoms with Crippen molar-refractivity contribution in [3.05, 3.63) is 87.5 Å². The summed E-state index contributed by atoms with van der Waals surface area (Å²) >= 11 is 0.899. The Morgan fingerprint density at radius 3 is 1.31 bits per heavy atom. The zero-order valence-corrected chi connectivity index (χ0v) is 34.6. The van der Waals surface area contributed by atoms with Crippen LogP contribution in [0.5, 0.6) is 0 Å². The summed E-state index contributed by atoms with van der Waals surface area (Å²) in [5.41, 5.74) is 22.1. The first kappa shape index (κ1) is 45.1. The van der Waals surface area contributed by atoms with Crippen LogP contribution in [0.3, 0.4) is 0 Å². The molecule has 51 heavy (non-hydrogen) atoms. The van der Waals surface area contributed by atoms with Crippen molar-refractivity contribution in [2.75, 3.05) is 13.2 Å². The van der Waals surface area contributed by atoms with Gasteiger partial charge >= 0.3 is 49.9 Å². The molecular formula is C46H74N2NiO2. The molecule has 0 amide bonds. The van der Waals surface area contributed by atoms with E-state index in [9.17, 15) is 5.53 Å². The van der Waals surface area contributed by atoms with Gasteiger partial charge < -0.3 is 5.53 Å². The predicted octanol–water partition coefficient (Wildman–Crippen LogP) is 14.8. The predicted molar refractivity (Wildman–Crippen MR) is 216 cm³/mol. The number of benzene rings is 2. The molecule has 3 rings (SSSR count). The zero-order valence-electron chi connectivity index (χ0n) is 33.6. The molecule has 0 N–H and O–H groups in total. The van der Waals surface area contributed by atoms with Gasteiger partial charge in [-0.1, -0.05) is 142 Å². The van der Waals surface area contributed by atoms with Gasteiger partial charge in [-0.3, -0.25) is 0 Å². The van der Waals surface area contributed by atoms with Gasteiger partial charge in [-0.05, 0) is 86.8 Å². The van der Waals surface area contributed by atoms with Crippen molar-refractivity contribution in [2.45, 2.75) is 183 Å². The van der Waals surface area contributed by atoms with E-state index in [0.29, 0.717) is 13.2 Å². The van der Waals surface area contributed by atoms with Gasteiger partial charge in [0.25, 0.3) is 0 Å². The van der Waals surface area contributed by atoms with E-state index in [1.165, 1.54) is 149 Å². The van der Waals surface area contributed by atoms with Crippen LogP contribution in [0.15, 0.2) is 59.7 Å². The van der Waals surface area contributed by atoms with Crippen LogP contribution in [-0.4, -0.2) is 17.9 Å². The van der Waals surface area contributed by atoms with E-state index >= 15 is 0 Å². The number of hydrogen-bond donors (Lipinski definition) is 0. The Morgan fingerprint density at radius 1 is 0.471 bits per heavy atom. The number of unbranched alkanes of at least 4 members (excludes halogenated alkanes) is 14. The monoisotopic (exact) mass is 745 g/mol. The number of allylic oxidation sites excluding steroid dienone is 2. The molecule has 1 aliphatic rings. The minimum absolute atomic E-state index is 0.708. The molecule has 0 fully saturated rings. The first-order valence-corrected chi connectivity index (χ1v) is 21.8. The second-order valence-corrected chi connectivity index (χ2v) is 14.9. The Balaban J connectivity index is 0.00000116. The molecule has 2 aromatic carbocycles. The Morgan fingerprint density at radius 2 is 0.843 bits per heavy atom. The first-order chi connectivity index (χ1) is 25.1. The third-order valence-corrected chi connectivity index (χ3v) is 10.5. The average molecular weight is 746 g/mol. The molecule has 0 spiro atoms. The van der Waals surface area contributed by atoms with Gasteiger partial charge in [-0.25, -0.2) is 4.70 Å². The summed E-state index contributed by atoms with van der Waals surface area (Å²) in [5, 5.41) is 0. The van der Waals surface area contributed by atoms with Crippen LogP contribution in [-0.2, 0) is 35.7 Å². The van der Waals surface area contributed by atoms with Crippen LogP contribution >= 0.6 is 0 Å². The number of hydrogen-bond acceptors (Lipinski definition) is 2. The Kier molecular flexibility index (Phi) is 26.0. The molecule has 0 aromatic heterocycles. The van der Waals surface area contributed by atoms with Crippen LogP contribution in [0.4, 0.5) is 0 Å². The Hall–Kier alpha value is -2.07. The van der Waals surface area contributed by atoms with Crippen LogP contribution in [0.1, 0.15) is 192 Å². The molecule has 0 radical (unpaired) electrons. The van der Waals surface area contributed by atoms with Crippen LogP contribution in [0.2, 0.25) is 0 Å². The van der Waals surface area contributed by atoms with Crippen molar-refractivity contribution < 1.29 is 27.5 Å². The summed E-state index contributed by atoms with van der Waals surface area (Å²) in [5.74, 6) is 0. The second kappa shape index (κ2) is 29.4. The summed E-state index contributed by atoms with van der Waals surface area (Å²) in [4.78, 5) is 0. The Labute approximate surface area is 321 Å². The second-order valence-electron chi connectivity index (χ2n) is 14.1. The van der Waals surface area contributed by atoms with Crippen molar-refractivity contribution in [3.63, 3.8) is 0 Å². The van der Waals surface area contributed by atoms with Crippen LogP contribution in [0.25, 0.3) is 16.9 Å². The zero-order chi connectivity index (χ0) is 36.9. The summed E-state index contributed by atoms with van der Waals surface area (Å²) in [6.07, 6.45) is 27.4. The molecule has 0 atom stereocenters. The molecule has 290 valence electrons. The maximum absolute atomic E-state index is 12.1. The van der Waals surface area contributed by atoms with Crippen molar-refractivity contribution in [1.29, 1.82) is 0 Å². The topological polar surface area (TPSA) is 43.8 Å². The minimum atomic E-state index is 0.708. The van der Waals surface area contributed by atoms with Gasteiger partial charge in [0.05, 0.1) is 0 Å². The molecule has 0 aliphatic carbocycles. The van der Waals surface area contributed by atoms with Gasteiger partial charge in [0.1, 0.15) is 0 Å². The van der Waals surface area contributed by atoms with E-state index in [-0.39, 0.29) is 0 Å². The molecule has 0 saturated heterocycles. The van der Waals surface area contributed by atoms with Crippen LogP contribution < -0.4 is 0 Å². The molecule has 5 heteroatoms. The maximum atomic E-state index is 12.1. The number of aryl methyl sites for hydroxylation is 2. The molecule has 2 aromatic rings. The third kappa shape index (κ3) is 17.5. The van der Waals surface area contributed by atoms with Crippen LogP contribution in [0, 0.1) is 0 Å². The Bertz CT molecular complexity index is 1280. The van der Waals surface area contributed by atoms with Gasteiger partial charge in [-0.15, -0.1) is 0 Å². The van der Waals surface area contributed by atoms with E-state index in [4.69, 9.17) is 7.76 Å². The van der Waals surface area contributed by atoms with E-state index in [1.54, 1.807) is 4.70 Å². The molecule has 0 saturated carbocycles. The number of rotatable bonds is 28. The van der Waals surface area contributed by atoms with E-state index in [1.807, 2.05) is 13.8 Å². The van der Waals surface area contributed by atoms with E-state index in [2.05, 4.69) is 76.2 Å². The third-order valence-electron chi connectivity index (χ3n) is 9.72. The van der Waals surface area contributed by atoms with Crippen molar-refractivity contribution in [1.82, 2.24) is 0 Å². The number of nitrogens with zero attached hydrogens (tertiary/aromatic N) is 2. The van der Waals surface area contributed by atoms with Gasteiger partial charge in [-0.2, -0.15) is 0 Å². The standard InChI is InChI=1S/C42H64N2.2C2H5O.Ni/c1-5-9-13-15-16-17-18-19-22-32-40-39(31-20-11-7-3)41(37-29-23-27-35(33-37)25-12-8-4)44(43)42(40)38-30-24-28-36(34-38)26-21-14-10-6-2;2*1-2-3;/h23-24,27-30,33-34H,5-22,25-26,31-32H2,1-4H3;2*2H2,1H3;/q;2*-1;+2. The van der Waals surface area contributed by atoms with Gasteiger partial charge in [0, 0.05) is 22.3 Å². The molecular weight excluding hydrogens is 671 g/mol.